The molecule has 1 amide bonds. The first-order valence-corrected chi connectivity index (χ1v) is 8.22. The number of hydrogen-bond donors (Lipinski definition) is 1. The summed E-state index contributed by atoms with van der Waals surface area (Å²) in [5, 5.41) is 11.1. The first-order chi connectivity index (χ1) is 12.2. The van der Waals surface area contributed by atoms with Gasteiger partial charge in [0.1, 0.15) is 0 Å². The quantitative estimate of drug-likeness (QED) is 0.570. The minimum absolute atomic E-state index is 0.0733. The summed E-state index contributed by atoms with van der Waals surface area (Å²) in [6.45, 7) is 0.652. The molecule has 25 heavy (non-hydrogen) atoms. The summed E-state index contributed by atoms with van der Waals surface area (Å²) in [4.78, 5) is 20.4. The molecule has 0 aliphatic carbocycles. The largest absolute Gasteiger partial charge is 0.319 e. The van der Waals surface area contributed by atoms with E-state index in [9.17, 15) is 4.79 Å². The number of hydrogen-bond acceptors (Lipinski definition) is 5. The predicted molar refractivity (Wildman–Crippen MR) is 94.2 cm³/mol. The summed E-state index contributed by atoms with van der Waals surface area (Å²) >= 11 is 3.37. The van der Waals surface area contributed by atoms with Crippen molar-refractivity contribution >= 4 is 33.3 Å². The number of anilines is 1. The van der Waals surface area contributed by atoms with Gasteiger partial charge < -0.3 is 5.32 Å². The molecular weight excluding hydrogens is 386 g/mol. The van der Waals surface area contributed by atoms with Crippen LogP contribution in [0.4, 0.5) is 5.69 Å². The molecular formula is C16H12BrN7O. The van der Waals surface area contributed by atoms with Crippen molar-refractivity contribution < 1.29 is 4.79 Å². The van der Waals surface area contributed by atoms with Crippen LogP contribution in [0.25, 0.3) is 5.78 Å². The molecule has 124 valence electrons. The zero-order valence-corrected chi connectivity index (χ0v) is 14.5. The van der Waals surface area contributed by atoms with E-state index in [0.29, 0.717) is 18.0 Å². The van der Waals surface area contributed by atoms with Crippen molar-refractivity contribution in [3.05, 3.63) is 71.0 Å². The van der Waals surface area contributed by atoms with E-state index < -0.39 is 0 Å². The number of halogens is 1. The molecule has 4 rings (SSSR count). The molecule has 4 aromatic rings. The first kappa shape index (κ1) is 15.5. The zero-order chi connectivity index (χ0) is 17.2. The monoisotopic (exact) mass is 397 g/mol. The number of carbonyl (C=O) groups excluding carboxylic acids is 1. The van der Waals surface area contributed by atoms with Gasteiger partial charge in [-0.2, -0.15) is 10.1 Å². The van der Waals surface area contributed by atoms with E-state index in [1.807, 2.05) is 35.1 Å². The number of amides is 1. The van der Waals surface area contributed by atoms with E-state index in [1.54, 1.807) is 24.7 Å². The van der Waals surface area contributed by atoms with Gasteiger partial charge in [0.2, 0.25) is 5.82 Å². The van der Waals surface area contributed by atoms with Crippen molar-refractivity contribution in [1.82, 2.24) is 29.4 Å². The second kappa shape index (κ2) is 6.44. The highest BCUT2D eigenvalue weighted by Gasteiger charge is 2.13. The summed E-state index contributed by atoms with van der Waals surface area (Å²) in [5.74, 6) is 0.0757. The van der Waals surface area contributed by atoms with E-state index >= 15 is 0 Å². The summed E-state index contributed by atoms with van der Waals surface area (Å²) < 4.78 is 4.22. The fourth-order valence-corrected chi connectivity index (χ4v) is 2.65. The molecule has 1 N–H and O–H groups in total. The highest BCUT2D eigenvalue weighted by atomic mass is 79.9. The van der Waals surface area contributed by atoms with E-state index in [0.717, 1.165) is 10.0 Å². The van der Waals surface area contributed by atoms with Crippen LogP contribution in [0.2, 0.25) is 0 Å². The van der Waals surface area contributed by atoms with Crippen LogP contribution in [-0.2, 0) is 6.54 Å². The lowest BCUT2D eigenvalue weighted by Crippen LogP contribution is -2.14. The third-order valence-corrected chi connectivity index (χ3v) is 3.89. The lowest BCUT2D eigenvalue weighted by Gasteiger charge is -2.05. The SMILES string of the molecule is O=C(Nc1ccc(Cn2cc(Br)cn2)cc1)c1nc2ncccn2n1. The molecule has 0 radical (unpaired) electrons. The van der Waals surface area contributed by atoms with Crippen molar-refractivity contribution in [2.75, 3.05) is 5.32 Å². The van der Waals surface area contributed by atoms with Gasteiger partial charge in [-0.05, 0) is 39.7 Å². The molecule has 3 heterocycles. The molecule has 0 aliphatic heterocycles. The van der Waals surface area contributed by atoms with Gasteiger partial charge in [-0.1, -0.05) is 12.1 Å². The Kier molecular flexibility index (Phi) is 3.98. The van der Waals surface area contributed by atoms with Gasteiger partial charge in [-0.25, -0.2) is 9.50 Å². The van der Waals surface area contributed by atoms with Gasteiger partial charge in [-0.15, -0.1) is 5.10 Å². The minimum Gasteiger partial charge on any atom is -0.319 e. The van der Waals surface area contributed by atoms with Crippen molar-refractivity contribution in [2.45, 2.75) is 6.54 Å². The highest BCUT2D eigenvalue weighted by Crippen LogP contribution is 2.13. The highest BCUT2D eigenvalue weighted by molar-refractivity contribution is 9.10. The number of benzene rings is 1. The molecule has 3 aromatic heterocycles. The van der Waals surface area contributed by atoms with E-state index in [4.69, 9.17) is 0 Å². The maximum atomic E-state index is 12.3. The second-order valence-electron chi connectivity index (χ2n) is 5.31. The number of nitrogens with one attached hydrogen (secondary N) is 1. The molecule has 0 aliphatic rings. The van der Waals surface area contributed by atoms with Crippen LogP contribution in [0.5, 0.6) is 0 Å². The molecule has 0 saturated heterocycles. The van der Waals surface area contributed by atoms with Crippen LogP contribution in [0.15, 0.2) is 59.6 Å². The van der Waals surface area contributed by atoms with Crippen LogP contribution in [-0.4, -0.2) is 35.3 Å². The Morgan fingerprint density at radius 1 is 1.24 bits per heavy atom. The topological polar surface area (TPSA) is 90.0 Å². The van der Waals surface area contributed by atoms with Crippen molar-refractivity contribution in [3.63, 3.8) is 0 Å². The van der Waals surface area contributed by atoms with Crippen LogP contribution in [0.3, 0.4) is 0 Å². The Morgan fingerprint density at radius 3 is 2.80 bits per heavy atom. The summed E-state index contributed by atoms with van der Waals surface area (Å²) in [6, 6.07) is 9.26. The number of aromatic nitrogens is 6. The second-order valence-corrected chi connectivity index (χ2v) is 6.22. The molecule has 0 saturated carbocycles. The standard InChI is InChI=1S/C16H12BrN7O/c17-12-8-19-23(10-12)9-11-2-4-13(5-3-11)20-15(25)14-21-16-18-6-1-7-24(16)22-14/h1-8,10H,9H2,(H,20,25). The molecule has 0 spiro atoms. The molecule has 0 fully saturated rings. The van der Waals surface area contributed by atoms with Gasteiger partial charge in [0.25, 0.3) is 11.7 Å². The molecule has 8 nitrogen and oxygen atoms in total. The summed E-state index contributed by atoms with van der Waals surface area (Å²) in [5.41, 5.74) is 1.74. The van der Waals surface area contributed by atoms with E-state index in [1.165, 1.54) is 4.52 Å². The van der Waals surface area contributed by atoms with Crippen molar-refractivity contribution in [2.24, 2.45) is 0 Å². The third kappa shape index (κ3) is 3.41. The fraction of sp³-hybridized carbons (Fsp3) is 0.0625. The Hall–Kier alpha value is -3.07. The molecule has 0 bridgehead atoms. The Morgan fingerprint density at radius 2 is 2.08 bits per heavy atom. The minimum atomic E-state index is -0.380. The van der Waals surface area contributed by atoms with Gasteiger partial charge in [0.15, 0.2) is 0 Å². The number of fused-ring (bicyclic) bond motifs is 1. The number of nitrogens with zero attached hydrogens (tertiary/aromatic N) is 6. The van der Waals surface area contributed by atoms with Crippen LogP contribution >= 0.6 is 15.9 Å². The lowest BCUT2D eigenvalue weighted by molar-refractivity contribution is 0.101. The average molecular weight is 398 g/mol. The predicted octanol–water partition coefficient (Wildman–Crippen LogP) is 2.38. The zero-order valence-electron chi connectivity index (χ0n) is 12.9. The van der Waals surface area contributed by atoms with E-state index in [2.05, 4.69) is 41.4 Å². The summed E-state index contributed by atoms with van der Waals surface area (Å²) in [7, 11) is 0. The average Bonchev–Trinajstić information content (AvgIpc) is 3.22. The maximum Gasteiger partial charge on any atom is 0.295 e. The van der Waals surface area contributed by atoms with Gasteiger partial charge in [0, 0.05) is 24.3 Å². The molecule has 0 atom stereocenters. The Balaban J connectivity index is 1.46. The lowest BCUT2D eigenvalue weighted by atomic mass is 10.2. The molecule has 9 heteroatoms. The van der Waals surface area contributed by atoms with Crippen LogP contribution in [0, 0.1) is 0 Å². The van der Waals surface area contributed by atoms with Crippen LogP contribution in [0.1, 0.15) is 16.2 Å². The number of rotatable bonds is 4. The van der Waals surface area contributed by atoms with Crippen LogP contribution < -0.4 is 5.32 Å². The number of carbonyl (C=O) groups is 1. The third-order valence-electron chi connectivity index (χ3n) is 3.48. The smallest absolute Gasteiger partial charge is 0.295 e. The van der Waals surface area contributed by atoms with Gasteiger partial charge in [-0.3, -0.25) is 9.48 Å². The Labute approximate surface area is 150 Å². The van der Waals surface area contributed by atoms with E-state index in [-0.39, 0.29) is 11.7 Å². The molecule has 0 unspecified atom stereocenters. The van der Waals surface area contributed by atoms with Crippen molar-refractivity contribution in [1.29, 1.82) is 0 Å². The van der Waals surface area contributed by atoms with Gasteiger partial charge >= 0.3 is 0 Å². The summed E-state index contributed by atoms with van der Waals surface area (Å²) in [6.07, 6.45) is 6.93. The van der Waals surface area contributed by atoms with Gasteiger partial charge in [0.05, 0.1) is 17.2 Å². The fourth-order valence-electron chi connectivity index (χ4n) is 2.32. The maximum absolute atomic E-state index is 12.3. The first-order valence-electron chi connectivity index (χ1n) is 7.43. The van der Waals surface area contributed by atoms with Crippen molar-refractivity contribution in [3.8, 4) is 0 Å². The normalized spacial score (nSPS) is 10.9. The Bertz CT molecular complexity index is 1010. The molecule has 1 aromatic carbocycles.